The van der Waals surface area contributed by atoms with Gasteiger partial charge in [0.25, 0.3) is 0 Å². The van der Waals surface area contributed by atoms with Crippen molar-refractivity contribution in [2.45, 2.75) is 65.1 Å². The summed E-state index contributed by atoms with van der Waals surface area (Å²) in [4.78, 5) is 46.3. The van der Waals surface area contributed by atoms with Gasteiger partial charge in [-0.1, -0.05) is 27.7 Å². The van der Waals surface area contributed by atoms with Gasteiger partial charge in [0.1, 0.15) is 12.1 Å². The number of amides is 2. The van der Waals surface area contributed by atoms with Crippen molar-refractivity contribution in [3.8, 4) is 0 Å². The molecule has 144 valence electrons. The SMILES string of the molecule is CC(C)CC(NC(=O)C(N)C(C)C)C(=O)NC(CCC(=O)O)C(=O)O. The fraction of sp³-hybridized carbons (Fsp3) is 0.750. The Kier molecular flexibility index (Phi) is 9.73. The zero-order chi connectivity index (χ0) is 19.7. The Morgan fingerprint density at radius 2 is 1.44 bits per heavy atom. The molecule has 0 rings (SSSR count). The predicted molar refractivity (Wildman–Crippen MR) is 90.6 cm³/mol. The van der Waals surface area contributed by atoms with Crippen LogP contribution in [0.15, 0.2) is 0 Å². The van der Waals surface area contributed by atoms with Crippen molar-refractivity contribution < 1.29 is 29.4 Å². The highest BCUT2D eigenvalue weighted by molar-refractivity contribution is 5.91. The van der Waals surface area contributed by atoms with Crippen LogP contribution >= 0.6 is 0 Å². The Labute approximate surface area is 147 Å². The molecule has 0 radical (unpaired) electrons. The molecular weight excluding hydrogens is 330 g/mol. The monoisotopic (exact) mass is 359 g/mol. The molecule has 0 spiro atoms. The van der Waals surface area contributed by atoms with Crippen molar-refractivity contribution in [2.24, 2.45) is 17.6 Å². The van der Waals surface area contributed by atoms with Crippen LogP contribution in [-0.2, 0) is 19.2 Å². The maximum Gasteiger partial charge on any atom is 0.326 e. The van der Waals surface area contributed by atoms with Gasteiger partial charge in [-0.05, 0) is 24.7 Å². The average Bonchev–Trinajstić information content (AvgIpc) is 2.48. The highest BCUT2D eigenvalue weighted by Crippen LogP contribution is 2.08. The molecule has 6 N–H and O–H groups in total. The summed E-state index contributed by atoms with van der Waals surface area (Å²) in [7, 11) is 0. The lowest BCUT2D eigenvalue weighted by Gasteiger charge is -2.24. The Bertz CT molecular complexity index is 492. The van der Waals surface area contributed by atoms with Gasteiger partial charge in [-0.15, -0.1) is 0 Å². The van der Waals surface area contributed by atoms with E-state index in [0.717, 1.165) is 0 Å². The summed E-state index contributed by atoms with van der Waals surface area (Å²) < 4.78 is 0. The zero-order valence-electron chi connectivity index (χ0n) is 15.1. The summed E-state index contributed by atoms with van der Waals surface area (Å²) >= 11 is 0. The van der Waals surface area contributed by atoms with Crippen LogP contribution in [0, 0.1) is 11.8 Å². The van der Waals surface area contributed by atoms with Crippen molar-refractivity contribution in [3.63, 3.8) is 0 Å². The normalized spacial score (nSPS) is 14.7. The molecule has 9 nitrogen and oxygen atoms in total. The van der Waals surface area contributed by atoms with E-state index in [2.05, 4.69) is 10.6 Å². The van der Waals surface area contributed by atoms with E-state index in [4.69, 9.17) is 15.9 Å². The van der Waals surface area contributed by atoms with Crippen LogP contribution in [0.25, 0.3) is 0 Å². The highest BCUT2D eigenvalue weighted by atomic mass is 16.4. The molecule has 25 heavy (non-hydrogen) atoms. The number of carboxylic acid groups (broad SMARTS) is 2. The second-order valence-corrected chi connectivity index (χ2v) is 6.79. The maximum atomic E-state index is 12.4. The van der Waals surface area contributed by atoms with Gasteiger partial charge in [0.05, 0.1) is 6.04 Å². The number of hydrogen-bond acceptors (Lipinski definition) is 5. The largest absolute Gasteiger partial charge is 0.481 e. The fourth-order valence-corrected chi connectivity index (χ4v) is 2.07. The number of nitrogens with one attached hydrogen (secondary N) is 2. The lowest BCUT2D eigenvalue weighted by Crippen LogP contribution is -2.55. The van der Waals surface area contributed by atoms with Crippen LogP contribution in [0.1, 0.15) is 47.0 Å². The smallest absolute Gasteiger partial charge is 0.326 e. The van der Waals surface area contributed by atoms with Crippen molar-refractivity contribution in [1.29, 1.82) is 0 Å². The van der Waals surface area contributed by atoms with Crippen LogP contribution in [0.3, 0.4) is 0 Å². The molecule has 0 aromatic rings. The second kappa shape index (κ2) is 10.7. The summed E-state index contributed by atoms with van der Waals surface area (Å²) in [6.45, 7) is 7.25. The third-order valence-electron chi connectivity index (χ3n) is 3.62. The molecule has 0 aliphatic rings. The first-order valence-corrected chi connectivity index (χ1v) is 8.26. The number of hydrogen-bond donors (Lipinski definition) is 5. The van der Waals surface area contributed by atoms with E-state index in [9.17, 15) is 19.2 Å². The molecule has 0 aromatic carbocycles. The number of carbonyl (C=O) groups excluding carboxylic acids is 2. The van der Waals surface area contributed by atoms with Gasteiger partial charge >= 0.3 is 11.9 Å². The van der Waals surface area contributed by atoms with Crippen LogP contribution < -0.4 is 16.4 Å². The Morgan fingerprint density at radius 1 is 0.920 bits per heavy atom. The minimum Gasteiger partial charge on any atom is -0.481 e. The lowest BCUT2D eigenvalue weighted by atomic mass is 10.00. The van der Waals surface area contributed by atoms with Gasteiger partial charge in [-0.25, -0.2) is 4.79 Å². The highest BCUT2D eigenvalue weighted by Gasteiger charge is 2.29. The molecule has 0 bridgehead atoms. The van der Waals surface area contributed by atoms with Gasteiger partial charge in [-0.2, -0.15) is 0 Å². The van der Waals surface area contributed by atoms with Crippen molar-refractivity contribution in [3.05, 3.63) is 0 Å². The van der Waals surface area contributed by atoms with E-state index in [-0.39, 0.29) is 18.3 Å². The molecule has 0 fully saturated rings. The summed E-state index contributed by atoms with van der Waals surface area (Å²) in [6, 6.07) is -3.07. The number of nitrogens with two attached hydrogens (primary N) is 1. The third kappa shape index (κ3) is 9.04. The van der Waals surface area contributed by atoms with E-state index < -0.39 is 48.3 Å². The number of rotatable bonds is 11. The van der Waals surface area contributed by atoms with Crippen LogP contribution in [-0.4, -0.2) is 52.1 Å². The summed E-state index contributed by atoms with van der Waals surface area (Å²) in [5, 5.41) is 22.6. The molecule has 0 aliphatic heterocycles. The maximum absolute atomic E-state index is 12.4. The molecule has 0 heterocycles. The molecular formula is C16H29N3O6. The fourth-order valence-electron chi connectivity index (χ4n) is 2.07. The lowest BCUT2D eigenvalue weighted by molar-refractivity contribution is -0.143. The quantitative estimate of drug-likeness (QED) is 0.345. The first kappa shape index (κ1) is 22.8. The number of aliphatic carboxylic acids is 2. The molecule has 3 unspecified atom stereocenters. The standard InChI is InChI=1S/C16H29N3O6/c1-8(2)7-11(19-15(23)13(17)9(3)4)14(22)18-10(16(24)25)5-6-12(20)21/h8-11,13H,5-7,17H2,1-4H3,(H,18,22)(H,19,23)(H,20,21)(H,24,25). The van der Waals surface area contributed by atoms with Gasteiger partial charge in [0.15, 0.2) is 0 Å². The Balaban J connectivity index is 5.05. The summed E-state index contributed by atoms with van der Waals surface area (Å²) in [6.07, 6.45) is -0.339. The molecule has 0 saturated heterocycles. The molecule has 3 atom stereocenters. The van der Waals surface area contributed by atoms with E-state index in [1.54, 1.807) is 13.8 Å². The van der Waals surface area contributed by atoms with Crippen LogP contribution in [0.4, 0.5) is 0 Å². The molecule has 0 aliphatic carbocycles. The predicted octanol–water partition coefficient (Wildman–Crippen LogP) is -0.0652. The molecule has 0 saturated carbocycles. The van der Waals surface area contributed by atoms with E-state index in [1.165, 1.54) is 0 Å². The number of carbonyl (C=O) groups is 4. The van der Waals surface area contributed by atoms with Crippen LogP contribution in [0.5, 0.6) is 0 Å². The Hall–Kier alpha value is -2.16. The summed E-state index contributed by atoms with van der Waals surface area (Å²) in [5.74, 6) is -3.71. The first-order chi connectivity index (χ1) is 11.5. The first-order valence-electron chi connectivity index (χ1n) is 8.26. The van der Waals surface area contributed by atoms with Crippen LogP contribution in [0.2, 0.25) is 0 Å². The Morgan fingerprint density at radius 3 is 1.84 bits per heavy atom. The minimum atomic E-state index is -1.34. The topological polar surface area (TPSA) is 159 Å². The number of carboxylic acids is 2. The summed E-state index contributed by atoms with van der Waals surface area (Å²) in [5.41, 5.74) is 5.77. The molecule has 2 amide bonds. The van der Waals surface area contributed by atoms with Crippen molar-refractivity contribution in [1.82, 2.24) is 10.6 Å². The molecule has 9 heteroatoms. The second-order valence-electron chi connectivity index (χ2n) is 6.79. The van der Waals surface area contributed by atoms with Gasteiger partial charge < -0.3 is 26.6 Å². The average molecular weight is 359 g/mol. The van der Waals surface area contributed by atoms with Gasteiger partial charge in [0, 0.05) is 6.42 Å². The van der Waals surface area contributed by atoms with Crippen molar-refractivity contribution in [2.75, 3.05) is 0 Å². The van der Waals surface area contributed by atoms with E-state index in [1.807, 2.05) is 13.8 Å². The third-order valence-corrected chi connectivity index (χ3v) is 3.62. The van der Waals surface area contributed by atoms with E-state index >= 15 is 0 Å². The zero-order valence-corrected chi connectivity index (χ0v) is 15.1. The minimum absolute atomic E-state index is 0.0635. The van der Waals surface area contributed by atoms with E-state index in [0.29, 0.717) is 6.42 Å². The van der Waals surface area contributed by atoms with Crippen molar-refractivity contribution >= 4 is 23.8 Å². The van der Waals surface area contributed by atoms with Gasteiger partial charge in [0.2, 0.25) is 11.8 Å². The van der Waals surface area contributed by atoms with Gasteiger partial charge in [-0.3, -0.25) is 14.4 Å². The molecule has 0 aromatic heterocycles.